The molecule has 0 spiro atoms. The average molecular weight is 451 g/mol. The molecule has 170 valence electrons. The zero-order valence-corrected chi connectivity index (χ0v) is 18.4. The van der Waals surface area contributed by atoms with Crippen LogP contribution in [0.2, 0.25) is 0 Å². The summed E-state index contributed by atoms with van der Waals surface area (Å²) in [5.41, 5.74) is 8.15. The van der Waals surface area contributed by atoms with Crippen LogP contribution in [0.15, 0.2) is 48.9 Å². The minimum atomic E-state index is -2.61. The monoisotopic (exact) mass is 451 g/mol. The summed E-state index contributed by atoms with van der Waals surface area (Å²) in [7, 11) is 1.74. The molecule has 3 heterocycles. The standard InChI is InChI=1S/C23H23F2N7O/c1-13-8-17-9-15(5-7-19(17)29-21(13)26)23(33)32(14(2)22-28-12-31(3)30-22)11-18-6-4-16(10-27-18)20(24)25/h4-10,12,14,20H,11H2,1-3H3,(H2,26,29). The molecule has 4 rings (SSSR count). The number of alkyl halides is 2. The lowest BCUT2D eigenvalue weighted by Crippen LogP contribution is -2.34. The Kier molecular flexibility index (Phi) is 5.99. The van der Waals surface area contributed by atoms with Gasteiger partial charge in [-0.1, -0.05) is 0 Å². The van der Waals surface area contributed by atoms with Gasteiger partial charge in [0.15, 0.2) is 5.82 Å². The topological polar surface area (TPSA) is 103 Å². The fourth-order valence-corrected chi connectivity index (χ4v) is 3.50. The van der Waals surface area contributed by atoms with Gasteiger partial charge in [0.05, 0.1) is 23.8 Å². The van der Waals surface area contributed by atoms with Gasteiger partial charge in [-0.2, -0.15) is 5.10 Å². The van der Waals surface area contributed by atoms with Crippen LogP contribution in [0.1, 0.15) is 52.4 Å². The largest absolute Gasteiger partial charge is 0.383 e. The Morgan fingerprint density at radius 1 is 1.18 bits per heavy atom. The van der Waals surface area contributed by atoms with Crippen LogP contribution >= 0.6 is 0 Å². The summed E-state index contributed by atoms with van der Waals surface area (Å²) < 4.78 is 27.4. The van der Waals surface area contributed by atoms with Crippen LogP contribution in [0.3, 0.4) is 0 Å². The number of aryl methyl sites for hydroxylation is 2. The van der Waals surface area contributed by atoms with Crippen molar-refractivity contribution in [2.45, 2.75) is 32.9 Å². The van der Waals surface area contributed by atoms with Crippen molar-refractivity contribution < 1.29 is 13.6 Å². The number of amides is 1. The molecule has 0 saturated heterocycles. The van der Waals surface area contributed by atoms with E-state index in [4.69, 9.17) is 5.73 Å². The van der Waals surface area contributed by atoms with Crippen LogP contribution in [0.4, 0.5) is 14.6 Å². The maximum Gasteiger partial charge on any atom is 0.265 e. The molecule has 1 aromatic carbocycles. The van der Waals surface area contributed by atoms with E-state index in [1.54, 1.807) is 41.2 Å². The number of hydrogen-bond donors (Lipinski definition) is 1. The normalized spacial score (nSPS) is 12.3. The highest BCUT2D eigenvalue weighted by Gasteiger charge is 2.26. The molecule has 0 aliphatic heterocycles. The molecule has 8 nitrogen and oxygen atoms in total. The number of anilines is 1. The van der Waals surface area contributed by atoms with E-state index in [2.05, 4.69) is 20.1 Å². The van der Waals surface area contributed by atoms with Crippen LogP contribution in [-0.2, 0) is 13.6 Å². The second-order valence-electron chi connectivity index (χ2n) is 7.87. The van der Waals surface area contributed by atoms with Crippen molar-refractivity contribution >= 4 is 22.6 Å². The minimum Gasteiger partial charge on any atom is -0.383 e. The van der Waals surface area contributed by atoms with Gasteiger partial charge >= 0.3 is 0 Å². The summed E-state index contributed by atoms with van der Waals surface area (Å²) in [5.74, 6) is 0.628. The Bertz CT molecular complexity index is 1300. The molecule has 1 amide bonds. The van der Waals surface area contributed by atoms with Gasteiger partial charge < -0.3 is 10.6 Å². The summed E-state index contributed by atoms with van der Waals surface area (Å²) in [6, 6.07) is 9.40. The molecule has 0 aliphatic carbocycles. The maximum atomic E-state index is 13.6. The molecule has 0 fully saturated rings. The molecule has 0 saturated carbocycles. The highest BCUT2D eigenvalue weighted by Crippen LogP contribution is 2.25. The third kappa shape index (κ3) is 4.64. The Hall–Kier alpha value is -3.95. The molecule has 33 heavy (non-hydrogen) atoms. The van der Waals surface area contributed by atoms with E-state index in [0.717, 1.165) is 17.1 Å². The predicted octanol–water partition coefficient (Wildman–Crippen LogP) is 3.99. The van der Waals surface area contributed by atoms with Gasteiger partial charge in [-0.3, -0.25) is 14.5 Å². The van der Waals surface area contributed by atoms with Gasteiger partial charge in [0, 0.05) is 29.8 Å². The molecule has 1 atom stereocenters. The number of fused-ring (bicyclic) bond motifs is 1. The maximum absolute atomic E-state index is 13.6. The van der Waals surface area contributed by atoms with Gasteiger partial charge in [0.1, 0.15) is 12.1 Å². The molecule has 3 aromatic heterocycles. The number of pyridine rings is 2. The predicted molar refractivity (Wildman–Crippen MR) is 119 cm³/mol. The average Bonchev–Trinajstić information content (AvgIpc) is 3.23. The van der Waals surface area contributed by atoms with E-state index >= 15 is 0 Å². The Morgan fingerprint density at radius 3 is 2.61 bits per heavy atom. The van der Waals surface area contributed by atoms with Crippen molar-refractivity contribution in [2.24, 2.45) is 7.05 Å². The first kappa shape index (κ1) is 22.3. The summed E-state index contributed by atoms with van der Waals surface area (Å²) >= 11 is 0. The molecular weight excluding hydrogens is 428 g/mol. The lowest BCUT2D eigenvalue weighted by atomic mass is 10.1. The van der Waals surface area contributed by atoms with Crippen LogP contribution in [0, 0.1) is 6.92 Å². The summed E-state index contributed by atoms with van der Waals surface area (Å²) in [6.07, 6.45) is 0.0740. The molecule has 2 N–H and O–H groups in total. The Morgan fingerprint density at radius 2 is 1.97 bits per heavy atom. The van der Waals surface area contributed by atoms with Crippen molar-refractivity contribution in [3.63, 3.8) is 0 Å². The number of aromatic nitrogens is 5. The number of nitrogen functional groups attached to an aromatic ring is 1. The van der Waals surface area contributed by atoms with Crippen molar-refractivity contribution in [1.29, 1.82) is 0 Å². The zero-order valence-electron chi connectivity index (χ0n) is 18.4. The fraction of sp³-hybridized carbons (Fsp3) is 0.261. The van der Waals surface area contributed by atoms with Crippen LogP contribution in [0.5, 0.6) is 0 Å². The number of rotatable bonds is 6. The summed E-state index contributed by atoms with van der Waals surface area (Å²) in [6.45, 7) is 3.76. The SMILES string of the molecule is Cc1cc2cc(C(=O)N(Cc3ccc(C(F)F)cn3)C(C)c3ncn(C)n3)ccc2nc1N. The molecule has 10 heteroatoms. The van der Waals surface area contributed by atoms with E-state index in [1.165, 1.54) is 12.1 Å². The number of nitrogens with two attached hydrogens (primary N) is 1. The number of carbonyl (C=O) groups is 1. The van der Waals surface area contributed by atoms with E-state index in [9.17, 15) is 13.6 Å². The van der Waals surface area contributed by atoms with E-state index in [-0.39, 0.29) is 18.0 Å². The lowest BCUT2D eigenvalue weighted by Gasteiger charge is -2.27. The van der Waals surface area contributed by atoms with E-state index < -0.39 is 12.5 Å². The van der Waals surface area contributed by atoms with Gasteiger partial charge in [0.25, 0.3) is 12.3 Å². The second kappa shape index (κ2) is 8.89. The number of carbonyl (C=O) groups excluding carboxylic acids is 1. The fourth-order valence-electron chi connectivity index (χ4n) is 3.50. The molecule has 0 aliphatic rings. The van der Waals surface area contributed by atoms with E-state index in [0.29, 0.717) is 28.4 Å². The third-order valence-corrected chi connectivity index (χ3v) is 5.44. The number of hydrogen-bond acceptors (Lipinski definition) is 6. The van der Waals surface area contributed by atoms with Crippen LogP contribution in [0.25, 0.3) is 10.9 Å². The summed E-state index contributed by atoms with van der Waals surface area (Å²) in [4.78, 5) is 27.9. The molecule has 0 bridgehead atoms. The first-order valence-electron chi connectivity index (χ1n) is 10.3. The lowest BCUT2D eigenvalue weighted by molar-refractivity contribution is 0.0663. The Labute approximate surface area is 189 Å². The van der Waals surface area contributed by atoms with Gasteiger partial charge in [-0.15, -0.1) is 0 Å². The van der Waals surface area contributed by atoms with Crippen LogP contribution in [-0.4, -0.2) is 35.5 Å². The van der Waals surface area contributed by atoms with E-state index in [1.807, 2.05) is 19.9 Å². The summed E-state index contributed by atoms with van der Waals surface area (Å²) in [5, 5.41) is 5.11. The molecule has 0 radical (unpaired) electrons. The minimum absolute atomic E-state index is 0.0961. The zero-order chi connectivity index (χ0) is 23.7. The second-order valence-corrected chi connectivity index (χ2v) is 7.87. The van der Waals surface area contributed by atoms with Crippen molar-refractivity contribution in [1.82, 2.24) is 29.6 Å². The highest BCUT2D eigenvalue weighted by molar-refractivity contribution is 5.98. The first-order valence-corrected chi connectivity index (χ1v) is 10.3. The van der Waals surface area contributed by atoms with Gasteiger partial charge in [0.2, 0.25) is 0 Å². The third-order valence-electron chi connectivity index (χ3n) is 5.44. The number of benzene rings is 1. The van der Waals surface area contributed by atoms with Crippen molar-refractivity contribution in [3.05, 3.63) is 77.1 Å². The number of nitrogens with zero attached hydrogens (tertiary/aromatic N) is 6. The van der Waals surface area contributed by atoms with Gasteiger partial charge in [-0.25, -0.2) is 18.7 Å². The quantitative estimate of drug-likeness (QED) is 0.476. The highest BCUT2D eigenvalue weighted by atomic mass is 19.3. The van der Waals surface area contributed by atoms with Gasteiger partial charge in [-0.05, 0) is 55.8 Å². The van der Waals surface area contributed by atoms with Crippen molar-refractivity contribution in [2.75, 3.05) is 5.73 Å². The Balaban J connectivity index is 1.70. The van der Waals surface area contributed by atoms with Crippen LogP contribution < -0.4 is 5.73 Å². The molecular formula is C23H23F2N7O. The number of halogens is 2. The van der Waals surface area contributed by atoms with Crippen molar-refractivity contribution in [3.8, 4) is 0 Å². The molecule has 4 aromatic rings. The first-order chi connectivity index (χ1) is 15.7. The molecule has 1 unspecified atom stereocenters. The smallest absolute Gasteiger partial charge is 0.265 e.